The largest absolute Gasteiger partial charge is 0.481 e. The average molecular weight is 518 g/mol. The van der Waals surface area contributed by atoms with Crippen molar-refractivity contribution in [2.75, 3.05) is 0 Å². The fourth-order valence-electron chi connectivity index (χ4n) is 4.79. The average Bonchev–Trinajstić information content (AvgIpc) is 3.27. The minimum atomic E-state index is -0.826. The van der Waals surface area contributed by atoms with Crippen LogP contribution in [0, 0.1) is 5.82 Å². The third kappa shape index (κ3) is 5.62. The van der Waals surface area contributed by atoms with Gasteiger partial charge in [0, 0.05) is 22.6 Å². The molecule has 0 fully saturated rings. The van der Waals surface area contributed by atoms with Gasteiger partial charge in [0.15, 0.2) is 0 Å². The van der Waals surface area contributed by atoms with Crippen LogP contribution in [0.4, 0.5) is 4.39 Å². The van der Waals surface area contributed by atoms with E-state index in [2.05, 4.69) is 5.32 Å². The first-order valence-electron chi connectivity index (χ1n) is 12.2. The second-order valence-corrected chi connectivity index (χ2v) is 9.67. The van der Waals surface area contributed by atoms with Gasteiger partial charge in [0.05, 0.1) is 28.5 Å². The maximum Gasteiger partial charge on any atom is 0.303 e. The van der Waals surface area contributed by atoms with E-state index in [1.165, 1.54) is 12.1 Å². The van der Waals surface area contributed by atoms with Crippen molar-refractivity contribution in [3.63, 3.8) is 0 Å². The molecule has 188 valence electrons. The number of nitrogens with one attached hydrogen (secondary N) is 1. The van der Waals surface area contributed by atoms with Gasteiger partial charge in [-0.25, -0.2) is 14.4 Å². The molecule has 0 aliphatic heterocycles. The highest BCUT2D eigenvalue weighted by Crippen LogP contribution is 2.32. The number of carboxylic acids is 1. The molecule has 4 aromatic rings. The van der Waals surface area contributed by atoms with Crippen molar-refractivity contribution in [1.29, 1.82) is 0 Å². The van der Waals surface area contributed by atoms with E-state index in [-0.39, 0.29) is 24.2 Å². The maximum absolute atomic E-state index is 13.6. The SMILES string of the molecule is O=C(O)CCCCc1nc2cc(C(=O)NC3CCc4cc(F)ccc43)ccc2nc1-c1ccc(Cl)cc1. The molecule has 1 amide bonds. The number of halogens is 2. The number of rotatable bonds is 8. The van der Waals surface area contributed by atoms with Gasteiger partial charge in [0.2, 0.25) is 0 Å². The summed E-state index contributed by atoms with van der Waals surface area (Å²) < 4.78 is 13.6. The Kier molecular flexibility index (Phi) is 7.15. The van der Waals surface area contributed by atoms with Crippen LogP contribution in [-0.4, -0.2) is 27.0 Å². The van der Waals surface area contributed by atoms with E-state index in [9.17, 15) is 14.0 Å². The first-order valence-corrected chi connectivity index (χ1v) is 12.6. The van der Waals surface area contributed by atoms with Gasteiger partial charge in [-0.05, 0) is 85.7 Å². The summed E-state index contributed by atoms with van der Waals surface area (Å²) >= 11 is 6.06. The van der Waals surface area contributed by atoms with Gasteiger partial charge in [-0.3, -0.25) is 9.59 Å². The second-order valence-electron chi connectivity index (χ2n) is 9.24. The number of nitrogens with zero attached hydrogens (tertiary/aromatic N) is 2. The zero-order valence-electron chi connectivity index (χ0n) is 20.0. The maximum atomic E-state index is 13.6. The summed E-state index contributed by atoms with van der Waals surface area (Å²) in [6.07, 6.45) is 3.28. The second kappa shape index (κ2) is 10.6. The van der Waals surface area contributed by atoms with Crippen molar-refractivity contribution in [2.24, 2.45) is 0 Å². The Labute approximate surface area is 218 Å². The number of amides is 1. The summed E-state index contributed by atoms with van der Waals surface area (Å²) in [5.41, 5.74) is 5.91. The van der Waals surface area contributed by atoms with Gasteiger partial charge in [-0.1, -0.05) is 29.8 Å². The Morgan fingerprint density at radius 3 is 2.59 bits per heavy atom. The Morgan fingerprint density at radius 1 is 1.00 bits per heavy atom. The monoisotopic (exact) mass is 517 g/mol. The van der Waals surface area contributed by atoms with E-state index < -0.39 is 5.97 Å². The van der Waals surface area contributed by atoms with Gasteiger partial charge < -0.3 is 10.4 Å². The fraction of sp³-hybridized carbons (Fsp3) is 0.241. The van der Waals surface area contributed by atoms with Gasteiger partial charge >= 0.3 is 5.97 Å². The van der Waals surface area contributed by atoms with E-state index in [1.54, 1.807) is 36.4 Å². The predicted molar refractivity (Wildman–Crippen MR) is 140 cm³/mol. The third-order valence-corrected chi connectivity index (χ3v) is 6.91. The van der Waals surface area contributed by atoms with Crippen molar-refractivity contribution < 1.29 is 19.1 Å². The molecule has 1 heterocycles. The zero-order chi connectivity index (χ0) is 25.9. The highest BCUT2D eigenvalue weighted by atomic mass is 35.5. The number of carboxylic acid groups (broad SMARTS) is 1. The van der Waals surface area contributed by atoms with Gasteiger partial charge in [-0.2, -0.15) is 0 Å². The van der Waals surface area contributed by atoms with Crippen LogP contribution in [0.5, 0.6) is 0 Å². The molecular weight excluding hydrogens is 493 g/mol. The third-order valence-electron chi connectivity index (χ3n) is 6.66. The Bertz CT molecular complexity index is 1490. The molecule has 37 heavy (non-hydrogen) atoms. The molecule has 2 N–H and O–H groups in total. The Morgan fingerprint density at radius 2 is 1.81 bits per heavy atom. The highest BCUT2D eigenvalue weighted by Gasteiger charge is 2.25. The lowest BCUT2D eigenvalue weighted by molar-refractivity contribution is -0.137. The van der Waals surface area contributed by atoms with Crippen molar-refractivity contribution in [3.05, 3.63) is 93.9 Å². The van der Waals surface area contributed by atoms with E-state index in [0.29, 0.717) is 46.6 Å². The Hall–Kier alpha value is -3.84. The Balaban J connectivity index is 1.42. The predicted octanol–water partition coefficient (Wildman–Crippen LogP) is 6.30. The molecule has 1 unspecified atom stereocenters. The summed E-state index contributed by atoms with van der Waals surface area (Å²) in [7, 11) is 0. The number of hydrogen-bond donors (Lipinski definition) is 2. The summed E-state index contributed by atoms with van der Waals surface area (Å²) in [5.74, 6) is -1.32. The summed E-state index contributed by atoms with van der Waals surface area (Å²) in [4.78, 5) is 33.7. The van der Waals surface area contributed by atoms with E-state index in [0.717, 1.165) is 35.2 Å². The molecule has 1 aromatic heterocycles. The lowest BCUT2D eigenvalue weighted by Crippen LogP contribution is -2.27. The molecule has 1 aliphatic carbocycles. The molecular formula is C29H25ClFN3O3. The number of carbonyl (C=O) groups is 2. The van der Waals surface area contributed by atoms with Crippen molar-refractivity contribution >= 4 is 34.5 Å². The van der Waals surface area contributed by atoms with Crippen LogP contribution >= 0.6 is 11.6 Å². The van der Waals surface area contributed by atoms with Gasteiger partial charge in [-0.15, -0.1) is 0 Å². The van der Waals surface area contributed by atoms with E-state index >= 15 is 0 Å². The van der Waals surface area contributed by atoms with Gasteiger partial charge in [0.25, 0.3) is 5.91 Å². The van der Waals surface area contributed by atoms with Crippen LogP contribution in [0.2, 0.25) is 5.02 Å². The molecule has 3 aromatic carbocycles. The number of unbranched alkanes of at least 4 members (excludes halogenated alkanes) is 1. The molecule has 6 nitrogen and oxygen atoms in total. The molecule has 0 saturated heterocycles. The first-order chi connectivity index (χ1) is 17.9. The number of aliphatic carboxylic acids is 1. The lowest BCUT2D eigenvalue weighted by atomic mass is 10.0. The summed E-state index contributed by atoms with van der Waals surface area (Å²) in [6, 6.07) is 17.1. The van der Waals surface area contributed by atoms with Crippen LogP contribution in [-0.2, 0) is 17.6 Å². The first kappa shape index (κ1) is 24.8. The minimum Gasteiger partial charge on any atom is -0.481 e. The van der Waals surface area contributed by atoms with Crippen molar-refractivity contribution in [1.82, 2.24) is 15.3 Å². The summed E-state index contributed by atoms with van der Waals surface area (Å²) in [5, 5.41) is 12.7. The number of fused-ring (bicyclic) bond motifs is 2. The number of aryl methyl sites for hydroxylation is 2. The molecule has 0 bridgehead atoms. The topological polar surface area (TPSA) is 92.2 Å². The van der Waals surface area contributed by atoms with Crippen LogP contribution in [0.1, 0.15) is 58.9 Å². The smallest absolute Gasteiger partial charge is 0.303 e. The van der Waals surface area contributed by atoms with Crippen LogP contribution in [0.15, 0.2) is 60.7 Å². The van der Waals surface area contributed by atoms with Crippen LogP contribution in [0.3, 0.4) is 0 Å². The fourth-order valence-corrected chi connectivity index (χ4v) is 4.92. The molecule has 8 heteroatoms. The normalized spacial score (nSPS) is 14.5. The zero-order valence-corrected chi connectivity index (χ0v) is 20.8. The van der Waals surface area contributed by atoms with Gasteiger partial charge in [0.1, 0.15) is 5.82 Å². The van der Waals surface area contributed by atoms with E-state index in [4.69, 9.17) is 26.7 Å². The number of benzene rings is 3. The molecule has 0 saturated carbocycles. The summed E-state index contributed by atoms with van der Waals surface area (Å²) in [6.45, 7) is 0. The van der Waals surface area contributed by atoms with Crippen LogP contribution in [0.25, 0.3) is 22.3 Å². The lowest BCUT2D eigenvalue weighted by Gasteiger charge is -2.15. The quantitative estimate of drug-likeness (QED) is 0.267. The minimum absolute atomic E-state index is 0.0958. The highest BCUT2D eigenvalue weighted by molar-refractivity contribution is 6.30. The number of carbonyl (C=O) groups excluding carboxylic acids is 1. The molecule has 0 radical (unpaired) electrons. The van der Waals surface area contributed by atoms with E-state index in [1.807, 2.05) is 12.1 Å². The number of hydrogen-bond acceptors (Lipinski definition) is 4. The van der Waals surface area contributed by atoms with Crippen LogP contribution < -0.4 is 5.32 Å². The molecule has 1 atom stereocenters. The van der Waals surface area contributed by atoms with Crippen molar-refractivity contribution in [3.8, 4) is 11.3 Å². The van der Waals surface area contributed by atoms with Crippen molar-refractivity contribution in [2.45, 2.75) is 44.6 Å². The standard InChI is InChI=1S/C29H25ClFN3O3/c30-20-9-5-17(6-10-20)28-25(3-1-2-4-27(35)36)32-26-16-19(8-14-24(26)33-28)29(37)34-23-13-7-18-15-21(31)11-12-22(18)23/h5-6,8-12,14-16,23H,1-4,7,13H2,(H,34,37)(H,35,36). The molecule has 5 rings (SSSR count). The molecule has 0 spiro atoms. The molecule has 1 aliphatic rings. The number of aromatic nitrogens is 2.